The normalized spacial score (nSPS) is 12.1. The Labute approximate surface area is 139 Å². The summed E-state index contributed by atoms with van der Waals surface area (Å²) in [7, 11) is 0. The first-order chi connectivity index (χ1) is 11.6. The van der Waals surface area contributed by atoms with Gasteiger partial charge in [-0.1, -0.05) is 29.4 Å². The van der Waals surface area contributed by atoms with Crippen molar-refractivity contribution in [1.29, 1.82) is 0 Å². The first kappa shape index (κ1) is 16.1. The Morgan fingerprint density at radius 3 is 2.71 bits per heavy atom. The highest BCUT2D eigenvalue weighted by Crippen LogP contribution is 2.19. The topological polar surface area (TPSA) is 71.2 Å². The monoisotopic (exact) mass is 327 g/mol. The molecule has 5 nitrogen and oxygen atoms in total. The maximum Gasteiger partial charge on any atom is 0.248 e. The van der Waals surface area contributed by atoms with E-state index in [4.69, 9.17) is 4.52 Å². The van der Waals surface area contributed by atoms with E-state index < -0.39 is 0 Å². The summed E-state index contributed by atoms with van der Waals surface area (Å²) < 4.78 is 18.2. The van der Waals surface area contributed by atoms with Crippen LogP contribution in [-0.2, 0) is 13.0 Å². The van der Waals surface area contributed by atoms with Crippen LogP contribution in [0.2, 0.25) is 0 Å². The van der Waals surface area contributed by atoms with Crippen molar-refractivity contribution in [2.45, 2.75) is 26.0 Å². The summed E-state index contributed by atoms with van der Waals surface area (Å²) in [5, 5.41) is 16.4. The van der Waals surface area contributed by atoms with Gasteiger partial charge in [0.05, 0.1) is 6.61 Å². The number of nitrogens with one attached hydrogen (secondary N) is 1. The fourth-order valence-corrected chi connectivity index (χ4v) is 2.37. The SMILES string of the molecule is C[C@@H](Nc1cccc(CO)c1)c1nc(Cc2ccc(F)cc2)no1. The van der Waals surface area contributed by atoms with Crippen molar-refractivity contribution >= 4 is 5.69 Å². The molecule has 0 aliphatic rings. The molecule has 0 amide bonds. The maximum atomic E-state index is 12.9. The molecule has 0 spiro atoms. The number of aliphatic hydroxyl groups excluding tert-OH is 1. The zero-order valence-corrected chi connectivity index (χ0v) is 13.2. The van der Waals surface area contributed by atoms with Gasteiger partial charge in [-0.05, 0) is 42.3 Å². The minimum Gasteiger partial charge on any atom is -0.392 e. The summed E-state index contributed by atoms with van der Waals surface area (Å²) in [6, 6.07) is 13.5. The van der Waals surface area contributed by atoms with Gasteiger partial charge in [0.1, 0.15) is 11.9 Å². The van der Waals surface area contributed by atoms with Crippen molar-refractivity contribution in [1.82, 2.24) is 10.1 Å². The second kappa shape index (κ2) is 7.23. The van der Waals surface area contributed by atoms with Crippen LogP contribution in [-0.4, -0.2) is 15.2 Å². The molecule has 0 bridgehead atoms. The van der Waals surface area contributed by atoms with Crippen molar-refractivity contribution in [3.63, 3.8) is 0 Å². The summed E-state index contributed by atoms with van der Waals surface area (Å²) in [5.74, 6) is 0.756. The number of benzene rings is 2. The lowest BCUT2D eigenvalue weighted by atomic mass is 10.1. The molecule has 124 valence electrons. The van der Waals surface area contributed by atoms with Gasteiger partial charge in [0, 0.05) is 12.1 Å². The molecule has 0 aliphatic carbocycles. The van der Waals surface area contributed by atoms with Crippen LogP contribution in [0, 0.1) is 5.82 Å². The molecule has 1 atom stereocenters. The Kier molecular flexibility index (Phi) is 4.86. The number of rotatable bonds is 6. The summed E-state index contributed by atoms with van der Waals surface area (Å²) in [6.07, 6.45) is 0.483. The highest BCUT2D eigenvalue weighted by atomic mass is 19.1. The number of hydrogen-bond donors (Lipinski definition) is 2. The van der Waals surface area contributed by atoms with Crippen molar-refractivity contribution in [3.05, 3.63) is 77.2 Å². The van der Waals surface area contributed by atoms with Gasteiger partial charge in [0.2, 0.25) is 5.89 Å². The number of halogens is 1. The molecular weight excluding hydrogens is 309 g/mol. The molecule has 2 aromatic carbocycles. The number of anilines is 1. The molecule has 0 radical (unpaired) electrons. The highest BCUT2D eigenvalue weighted by molar-refractivity contribution is 5.46. The molecule has 0 fully saturated rings. The Balaban J connectivity index is 1.66. The molecule has 1 aromatic heterocycles. The standard InChI is InChI=1S/C18H18FN3O2/c1-12(20-16-4-2-3-14(9-16)11-23)18-21-17(22-24-18)10-13-5-7-15(19)8-6-13/h2-9,12,20,23H,10-11H2,1H3/t12-/m1/s1. The Morgan fingerprint density at radius 1 is 1.17 bits per heavy atom. The van der Waals surface area contributed by atoms with E-state index in [2.05, 4.69) is 15.5 Å². The molecule has 3 rings (SSSR count). The molecule has 2 N–H and O–H groups in total. The Bertz CT molecular complexity index is 802. The molecule has 24 heavy (non-hydrogen) atoms. The molecule has 0 saturated heterocycles. The van der Waals surface area contributed by atoms with Crippen molar-refractivity contribution < 1.29 is 14.0 Å². The first-order valence-corrected chi connectivity index (χ1v) is 7.67. The van der Waals surface area contributed by atoms with E-state index in [1.165, 1.54) is 12.1 Å². The van der Waals surface area contributed by atoms with Crippen molar-refractivity contribution in [3.8, 4) is 0 Å². The molecule has 3 aromatic rings. The smallest absolute Gasteiger partial charge is 0.248 e. The van der Waals surface area contributed by atoms with Gasteiger partial charge in [-0.15, -0.1) is 0 Å². The van der Waals surface area contributed by atoms with E-state index in [0.717, 1.165) is 16.8 Å². The largest absolute Gasteiger partial charge is 0.392 e. The molecule has 6 heteroatoms. The fraction of sp³-hybridized carbons (Fsp3) is 0.222. The third-order valence-corrected chi connectivity index (χ3v) is 3.62. The van der Waals surface area contributed by atoms with Gasteiger partial charge in [-0.25, -0.2) is 4.39 Å². The minimum absolute atomic E-state index is 0.00766. The van der Waals surface area contributed by atoms with E-state index in [0.29, 0.717) is 18.1 Å². The molecular formula is C18H18FN3O2. The Morgan fingerprint density at radius 2 is 1.96 bits per heavy atom. The van der Waals surface area contributed by atoms with Crippen LogP contribution in [0.1, 0.15) is 35.8 Å². The van der Waals surface area contributed by atoms with Crippen LogP contribution in [0.3, 0.4) is 0 Å². The van der Waals surface area contributed by atoms with E-state index in [9.17, 15) is 9.50 Å². The Hall–Kier alpha value is -2.73. The lowest BCUT2D eigenvalue weighted by molar-refractivity contribution is 0.282. The second-order valence-electron chi connectivity index (χ2n) is 5.58. The van der Waals surface area contributed by atoms with Crippen LogP contribution < -0.4 is 5.32 Å². The van der Waals surface area contributed by atoms with Crippen LogP contribution in [0.15, 0.2) is 53.1 Å². The lowest BCUT2D eigenvalue weighted by Gasteiger charge is -2.11. The average Bonchev–Trinajstić information content (AvgIpc) is 3.06. The zero-order chi connectivity index (χ0) is 16.9. The summed E-state index contributed by atoms with van der Waals surface area (Å²) in [4.78, 5) is 4.38. The second-order valence-corrected chi connectivity index (χ2v) is 5.58. The summed E-state index contributed by atoms with van der Waals surface area (Å²) >= 11 is 0. The highest BCUT2D eigenvalue weighted by Gasteiger charge is 2.14. The van der Waals surface area contributed by atoms with E-state index in [-0.39, 0.29) is 18.5 Å². The quantitative estimate of drug-likeness (QED) is 0.725. The number of hydrogen-bond acceptors (Lipinski definition) is 5. The van der Waals surface area contributed by atoms with Crippen LogP contribution in [0.25, 0.3) is 0 Å². The van der Waals surface area contributed by atoms with Gasteiger partial charge in [0.25, 0.3) is 0 Å². The number of aromatic nitrogens is 2. The predicted octanol–water partition coefficient (Wildman–Crippen LogP) is 3.46. The first-order valence-electron chi connectivity index (χ1n) is 7.67. The third-order valence-electron chi connectivity index (χ3n) is 3.62. The van der Waals surface area contributed by atoms with E-state index in [1.807, 2.05) is 31.2 Å². The molecule has 0 saturated carbocycles. The molecule has 0 unspecified atom stereocenters. The van der Waals surface area contributed by atoms with Gasteiger partial charge in [0.15, 0.2) is 5.82 Å². The molecule has 1 heterocycles. The maximum absolute atomic E-state index is 12.9. The minimum atomic E-state index is -0.268. The van der Waals surface area contributed by atoms with E-state index >= 15 is 0 Å². The fourth-order valence-electron chi connectivity index (χ4n) is 2.37. The average molecular weight is 327 g/mol. The van der Waals surface area contributed by atoms with Crippen LogP contribution in [0.5, 0.6) is 0 Å². The van der Waals surface area contributed by atoms with Gasteiger partial charge < -0.3 is 14.9 Å². The summed E-state index contributed by atoms with van der Waals surface area (Å²) in [5.41, 5.74) is 2.61. The number of aliphatic hydroxyl groups is 1. The summed E-state index contributed by atoms with van der Waals surface area (Å²) in [6.45, 7) is 1.91. The van der Waals surface area contributed by atoms with E-state index in [1.54, 1.807) is 12.1 Å². The van der Waals surface area contributed by atoms with Gasteiger partial charge in [-0.2, -0.15) is 4.98 Å². The van der Waals surface area contributed by atoms with Crippen molar-refractivity contribution in [2.24, 2.45) is 0 Å². The lowest BCUT2D eigenvalue weighted by Crippen LogP contribution is -2.07. The predicted molar refractivity (Wildman–Crippen MR) is 87.9 cm³/mol. The van der Waals surface area contributed by atoms with Gasteiger partial charge in [-0.3, -0.25) is 0 Å². The van der Waals surface area contributed by atoms with Crippen LogP contribution >= 0.6 is 0 Å². The molecule has 0 aliphatic heterocycles. The van der Waals surface area contributed by atoms with Gasteiger partial charge >= 0.3 is 0 Å². The van der Waals surface area contributed by atoms with Crippen LogP contribution in [0.4, 0.5) is 10.1 Å². The number of nitrogens with zero attached hydrogens (tertiary/aromatic N) is 2. The zero-order valence-electron chi connectivity index (χ0n) is 13.2. The van der Waals surface area contributed by atoms with Crippen molar-refractivity contribution in [2.75, 3.05) is 5.32 Å². The third kappa shape index (κ3) is 3.97.